The van der Waals surface area contributed by atoms with Gasteiger partial charge in [0.15, 0.2) is 0 Å². The summed E-state index contributed by atoms with van der Waals surface area (Å²) in [7, 11) is 0. The normalized spacial score (nSPS) is 10.6. The van der Waals surface area contributed by atoms with Gasteiger partial charge in [-0.1, -0.05) is 23.2 Å². The Kier molecular flexibility index (Phi) is 5.14. The van der Waals surface area contributed by atoms with Gasteiger partial charge in [-0.15, -0.1) is 11.3 Å². The van der Waals surface area contributed by atoms with Crippen molar-refractivity contribution in [1.82, 2.24) is 15.3 Å². The molecule has 0 atom stereocenters. The summed E-state index contributed by atoms with van der Waals surface area (Å²) in [6, 6.07) is 8.60. The van der Waals surface area contributed by atoms with Crippen molar-refractivity contribution in [2.75, 3.05) is 0 Å². The lowest BCUT2D eigenvalue weighted by atomic mass is 10.2. The number of halogens is 2. The summed E-state index contributed by atoms with van der Waals surface area (Å²) < 4.78 is 0. The highest BCUT2D eigenvalue weighted by Crippen LogP contribution is 2.27. The summed E-state index contributed by atoms with van der Waals surface area (Å²) in [5.41, 5.74) is 2.29. The van der Waals surface area contributed by atoms with E-state index in [0.717, 1.165) is 21.1 Å². The molecule has 0 aliphatic heterocycles. The van der Waals surface area contributed by atoms with Crippen LogP contribution in [0.1, 0.15) is 20.9 Å². The fourth-order valence-electron chi connectivity index (χ4n) is 2.15. The molecule has 0 saturated carbocycles. The SMILES string of the molecule is Cc1nc(-c2cccnc2)sc1CNC(=O)c1cc(Cl)cc(Cl)c1. The monoisotopic (exact) mass is 377 g/mol. The van der Waals surface area contributed by atoms with E-state index in [1.54, 1.807) is 30.6 Å². The standard InChI is InChI=1S/C17H13Cl2N3OS/c1-10-15(24-17(22-10)11-3-2-4-20-8-11)9-21-16(23)12-5-13(18)7-14(19)6-12/h2-8H,9H2,1H3,(H,21,23). The second kappa shape index (κ2) is 7.30. The summed E-state index contributed by atoms with van der Waals surface area (Å²) in [6.45, 7) is 2.32. The van der Waals surface area contributed by atoms with E-state index < -0.39 is 0 Å². The minimum Gasteiger partial charge on any atom is -0.347 e. The number of hydrogen-bond acceptors (Lipinski definition) is 4. The van der Waals surface area contributed by atoms with Crippen molar-refractivity contribution in [2.24, 2.45) is 0 Å². The number of aryl methyl sites for hydroxylation is 1. The lowest BCUT2D eigenvalue weighted by molar-refractivity contribution is 0.0951. The van der Waals surface area contributed by atoms with Crippen LogP contribution in [-0.2, 0) is 6.54 Å². The topological polar surface area (TPSA) is 54.9 Å². The summed E-state index contributed by atoms with van der Waals surface area (Å²) in [6.07, 6.45) is 3.50. The van der Waals surface area contributed by atoms with Crippen molar-refractivity contribution in [2.45, 2.75) is 13.5 Å². The Bertz CT molecular complexity index is 861. The molecule has 4 nitrogen and oxygen atoms in total. The summed E-state index contributed by atoms with van der Waals surface area (Å²) in [4.78, 5) is 21.9. The maximum Gasteiger partial charge on any atom is 0.251 e. The Balaban J connectivity index is 1.73. The van der Waals surface area contributed by atoms with Crippen LogP contribution in [0, 0.1) is 6.92 Å². The zero-order chi connectivity index (χ0) is 17.1. The molecule has 2 aromatic heterocycles. The van der Waals surface area contributed by atoms with Gasteiger partial charge in [-0.3, -0.25) is 9.78 Å². The average Bonchev–Trinajstić information content (AvgIpc) is 2.93. The van der Waals surface area contributed by atoms with Crippen molar-refractivity contribution < 1.29 is 4.79 Å². The maximum absolute atomic E-state index is 12.3. The highest BCUT2D eigenvalue weighted by atomic mass is 35.5. The first-order chi connectivity index (χ1) is 11.5. The Morgan fingerprint density at radius 1 is 1.25 bits per heavy atom. The molecule has 3 aromatic rings. The zero-order valence-electron chi connectivity index (χ0n) is 12.7. The average molecular weight is 378 g/mol. The molecule has 0 bridgehead atoms. The first-order valence-electron chi connectivity index (χ1n) is 7.14. The lowest BCUT2D eigenvalue weighted by Gasteiger charge is -2.05. The minimum absolute atomic E-state index is 0.227. The van der Waals surface area contributed by atoms with Crippen LogP contribution in [0.5, 0.6) is 0 Å². The van der Waals surface area contributed by atoms with Gasteiger partial charge in [0, 0.05) is 38.4 Å². The number of nitrogens with one attached hydrogen (secondary N) is 1. The van der Waals surface area contributed by atoms with Crippen molar-refractivity contribution >= 4 is 40.4 Å². The van der Waals surface area contributed by atoms with Gasteiger partial charge in [-0.25, -0.2) is 4.98 Å². The van der Waals surface area contributed by atoms with Crippen LogP contribution >= 0.6 is 34.5 Å². The molecule has 0 aliphatic rings. The lowest BCUT2D eigenvalue weighted by Crippen LogP contribution is -2.22. The molecule has 1 aromatic carbocycles. The number of pyridine rings is 1. The van der Waals surface area contributed by atoms with E-state index in [1.807, 2.05) is 19.1 Å². The molecule has 0 fully saturated rings. The molecule has 0 unspecified atom stereocenters. The van der Waals surface area contributed by atoms with Crippen LogP contribution in [0.2, 0.25) is 10.0 Å². The number of nitrogens with zero attached hydrogens (tertiary/aromatic N) is 2. The van der Waals surface area contributed by atoms with Gasteiger partial charge >= 0.3 is 0 Å². The Morgan fingerprint density at radius 3 is 2.67 bits per heavy atom. The van der Waals surface area contributed by atoms with Crippen molar-refractivity contribution in [3.63, 3.8) is 0 Å². The summed E-state index contributed by atoms with van der Waals surface area (Å²) in [5.74, 6) is -0.227. The number of aromatic nitrogens is 2. The molecule has 0 aliphatic carbocycles. The van der Waals surface area contributed by atoms with Crippen LogP contribution in [0.4, 0.5) is 0 Å². The number of rotatable bonds is 4. The first kappa shape index (κ1) is 16.9. The second-order valence-electron chi connectivity index (χ2n) is 5.11. The van der Waals surface area contributed by atoms with Crippen molar-refractivity contribution in [3.05, 3.63) is 68.9 Å². The third-order valence-electron chi connectivity index (χ3n) is 3.34. The van der Waals surface area contributed by atoms with Gasteiger partial charge < -0.3 is 5.32 Å². The third kappa shape index (κ3) is 3.93. The number of hydrogen-bond donors (Lipinski definition) is 1. The molecule has 3 rings (SSSR count). The molecule has 2 heterocycles. The highest BCUT2D eigenvalue weighted by Gasteiger charge is 2.12. The largest absolute Gasteiger partial charge is 0.347 e. The molecule has 1 N–H and O–H groups in total. The number of thiazole rings is 1. The third-order valence-corrected chi connectivity index (χ3v) is 4.98. The predicted octanol–water partition coefficient (Wildman–Crippen LogP) is 4.75. The Morgan fingerprint density at radius 2 is 2.00 bits per heavy atom. The molecule has 122 valence electrons. The van der Waals surface area contributed by atoms with Gasteiger partial charge in [-0.2, -0.15) is 0 Å². The van der Waals surface area contributed by atoms with Crippen LogP contribution in [0.25, 0.3) is 10.6 Å². The minimum atomic E-state index is -0.227. The molecular weight excluding hydrogens is 365 g/mol. The second-order valence-corrected chi connectivity index (χ2v) is 7.07. The molecule has 7 heteroatoms. The van der Waals surface area contributed by atoms with Gasteiger partial charge in [0.1, 0.15) is 5.01 Å². The van der Waals surface area contributed by atoms with E-state index in [9.17, 15) is 4.79 Å². The van der Waals surface area contributed by atoms with E-state index in [4.69, 9.17) is 23.2 Å². The fourth-order valence-corrected chi connectivity index (χ4v) is 3.67. The summed E-state index contributed by atoms with van der Waals surface area (Å²) >= 11 is 13.4. The number of amides is 1. The van der Waals surface area contributed by atoms with E-state index in [2.05, 4.69) is 15.3 Å². The molecule has 0 saturated heterocycles. The summed E-state index contributed by atoms with van der Waals surface area (Å²) in [5, 5.41) is 4.62. The van der Waals surface area contributed by atoms with Crippen LogP contribution < -0.4 is 5.32 Å². The fraction of sp³-hybridized carbons (Fsp3) is 0.118. The number of benzene rings is 1. The quantitative estimate of drug-likeness (QED) is 0.713. The number of carbonyl (C=O) groups is 1. The molecular formula is C17H13Cl2N3OS. The van der Waals surface area contributed by atoms with Crippen molar-refractivity contribution in [3.8, 4) is 10.6 Å². The van der Waals surface area contributed by atoms with Crippen molar-refractivity contribution in [1.29, 1.82) is 0 Å². The smallest absolute Gasteiger partial charge is 0.251 e. The van der Waals surface area contributed by atoms with Gasteiger partial charge in [-0.05, 0) is 37.3 Å². The van der Waals surface area contributed by atoms with Crippen LogP contribution in [0.15, 0.2) is 42.7 Å². The van der Waals surface area contributed by atoms with E-state index in [-0.39, 0.29) is 5.91 Å². The van der Waals surface area contributed by atoms with Gasteiger partial charge in [0.25, 0.3) is 5.91 Å². The first-order valence-corrected chi connectivity index (χ1v) is 8.71. The zero-order valence-corrected chi connectivity index (χ0v) is 15.0. The Hall–Kier alpha value is -1.95. The van der Waals surface area contributed by atoms with E-state index in [0.29, 0.717) is 22.2 Å². The van der Waals surface area contributed by atoms with E-state index in [1.165, 1.54) is 11.3 Å². The van der Waals surface area contributed by atoms with Crippen LogP contribution in [-0.4, -0.2) is 15.9 Å². The van der Waals surface area contributed by atoms with Gasteiger partial charge in [0.05, 0.1) is 12.2 Å². The number of carbonyl (C=O) groups excluding carboxylic acids is 1. The Labute approximate surface area is 153 Å². The molecule has 0 radical (unpaired) electrons. The molecule has 24 heavy (non-hydrogen) atoms. The van der Waals surface area contributed by atoms with Crippen LogP contribution in [0.3, 0.4) is 0 Å². The maximum atomic E-state index is 12.3. The highest BCUT2D eigenvalue weighted by molar-refractivity contribution is 7.15. The predicted molar refractivity (Wildman–Crippen MR) is 97.7 cm³/mol. The van der Waals surface area contributed by atoms with E-state index >= 15 is 0 Å². The van der Waals surface area contributed by atoms with Gasteiger partial charge in [0.2, 0.25) is 0 Å². The molecule has 1 amide bonds. The molecule has 0 spiro atoms.